The van der Waals surface area contributed by atoms with E-state index in [1.54, 1.807) is 13.1 Å². The number of amides is 3. The average Bonchev–Trinajstić information content (AvgIpc) is 3.07. The summed E-state index contributed by atoms with van der Waals surface area (Å²) in [4.78, 5) is 23.8. The highest BCUT2D eigenvalue weighted by molar-refractivity contribution is 5.86. The minimum absolute atomic E-state index is 0.0234. The number of carbonyl (C=O) groups excluding carboxylic acids is 2. The van der Waals surface area contributed by atoms with E-state index in [1.807, 2.05) is 16.9 Å². The van der Waals surface area contributed by atoms with Crippen LogP contribution < -0.4 is 16.0 Å². The maximum absolute atomic E-state index is 12.1. The van der Waals surface area contributed by atoms with Crippen molar-refractivity contribution in [1.82, 2.24) is 25.7 Å². The highest BCUT2D eigenvalue weighted by Crippen LogP contribution is 2.27. The van der Waals surface area contributed by atoms with Gasteiger partial charge in [0.05, 0.1) is 12.1 Å². The van der Waals surface area contributed by atoms with E-state index in [4.69, 9.17) is 0 Å². The van der Waals surface area contributed by atoms with Crippen LogP contribution in [0.5, 0.6) is 0 Å². The molecule has 1 saturated carbocycles. The molecule has 0 radical (unpaired) electrons. The number of nitrogens with one attached hydrogen (secondary N) is 3. The third-order valence-electron chi connectivity index (χ3n) is 4.05. The molecule has 0 spiro atoms. The van der Waals surface area contributed by atoms with Gasteiger partial charge >= 0.3 is 6.03 Å². The molecule has 1 aliphatic carbocycles. The lowest BCUT2D eigenvalue weighted by Crippen LogP contribution is -2.53. The Balaban J connectivity index is 1.86. The average molecular weight is 325 g/mol. The Labute approximate surface area is 135 Å². The van der Waals surface area contributed by atoms with Crippen molar-refractivity contribution < 1.29 is 14.0 Å². The molecule has 0 unspecified atom stereocenters. The fraction of sp³-hybridized carbons (Fsp3) is 0.667. The molecule has 1 aromatic heterocycles. The van der Waals surface area contributed by atoms with Gasteiger partial charge in [0.15, 0.2) is 0 Å². The second-order valence-corrected chi connectivity index (χ2v) is 5.76. The number of alkyl halides is 1. The Bertz CT molecular complexity index is 508. The molecule has 0 aliphatic heterocycles. The number of nitrogens with zero attached hydrogens (tertiary/aromatic N) is 2. The van der Waals surface area contributed by atoms with Gasteiger partial charge in [0.25, 0.3) is 0 Å². The predicted octanol–water partition coefficient (Wildman–Crippen LogP) is 1.14. The van der Waals surface area contributed by atoms with E-state index in [1.165, 1.54) is 0 Å². The van der Waals surface area contributed by atoms with Crippen LogP contribution in [-0.4, -0.2) is 47.0 Å². The van der Waals surface area contributed by atoms with Gasteiger partial charge in [-0.2, -0.15) is 5.10 Å². The van der Waals surface area contributed by atoms with Crippen molar-refractivity contribution in [2.45, 2.75) is 50.7 Å². The summed E-state index contributed by atoms with van der Waals surface area (Å²) in [5.74, 6) is -0.398. The minimum atomic E-state index is -0.715. The second-order valence-electron chi connectivity index (χ2n) is 5.76. The molecule has 128 valence electrons. The van der Waals surface area contributed by atoms with Gasteiger partial charge in [-0.3, -0.25) is 9.48 Å². The number of carbonyl (C=O) groups is 2. The van der Waals surface area contributed by atoms with Crippen molar-refractivity contribution in [3.63, 3.8) is 0 Å². The first kappa shape index (κ1) is 17.2. The van der Waals surface area contributed by atoms with Crippen LogP contribution in [0.15, 0.2) is 18.5 Å². The first-order valence-electron chi connectivity index (χ1n) is 8.01. The minimum Gasteiger partial charge on any atom is -0.352 e. The number of halogens is 1. The fourth-order valence-corrected chi connectivity index (χ4v) is 2.87. The Hall–Kier alpha value is -2.12. The highest BCUT2D eigenvalue weighted by atomic mass is 19.1. The third kappa shape index (κ3) is 4.94. The molecule has 3 N–H and O–H groups in total. The van der Waals surface area contributed by atoms with Gasteiger partial charge < -0.3 is 16.0 Å². The van der Waals surface area contributed by atoms with Gasteiger partial charge in [0.2, 0.25) is 5.91 Å². The molecule has 8 heteroatoms. The van der Waals surface area contributed by atoms with Crippen LogP contribution in [0.1, 0.15) is 38.6 Å². The van der Waals surface area contributed by atoms with E-state index < -0.39 is 24.7 Å². The number of rotatable bonds is 6. The normalized spacial score (nSPS) is 22.2. The van der Waals surface area contributed by atoms with Crippen molar-refractivity contribution in [2.75, 3.05) is 13.2 Å². The maximum Gasteiger partial charge on any atom is 0.315 e. The van der Waals surface area contributed by atoms with Crippen molar-refractivity contribution in [1.29, 1.82) is 0 Å². The van der Waals surface area contributed by atoms with Crippen molar-refractivity contribution in [2.24, 2.45) is 0 Å². The zero-order chi connectivity index (χ0) is 16.7. The van der Waals surface area contributed by atoms with E-state index >= 15 is 0 Å². The van der Waals surface area contributed by atoms with Crippen LogP contribution in [-0.2, 0) is 4.79 Å². The van der Waals surface area contributed by atoms with Crippen LogP contribution in [0.3, 0.4) is 0 Å². The summed E-state index contributed by atoms with van der Waals surface area (Å²) in [5.41, 5.74) is 0. The summed E-state index contributed by atoms with van der Waals surface area (Å²) in [6.45, 7) is 0.897. The first-order valence-corrected chi connectivity index (χ1v) is 8.01. The van der Waals surface area contributed by atoms with E-state index in [0.717, 1.165) is 25.7 Å². The van der Waals surface area contributed by atoms with Gasteiger partial charge in [0.1, 0.15) is 12.7 Å². The second kappa shape index (κ2) is 8.50. The van der Waals surface area contributed by atoms with Gasteiger partial charge in [-0.15, -0.1) is 0 Å². The smallest absolute Gasteiger partial charge is 0.315 e. The molecule has 0 bridgehead atoms. The van der Waals surface area contributed by atoms with Gasteiger partial charge in [-0.05, 0) is 25.8 Å². The quantitative estimate of drug-likeness (QED) is 0.733. The molecule has 7 nitrogen and oxygen atoms in total. The van der Waals surface area contributed by atoms with Crippen LogP contribution in [0, 0.1) is 0 Å². The fourth-order valence-electron chi connectivity index (χ4n) is 2.87. The van der Waals surface area contributed by atoms with Crippen LogP contribution >= 0.6 is 0 Å². The monoisotopic (exact) mass is 325 g/mol. The lowest BCUT2D eigenvalue weighted by molar-refractivity contribution is -0.122. The van der Waals surface area contributed by atoms with Crippen molar-refractivity contribution in [3.8, 4) is 0 Å². The lowest BCUT2D eigenvalue weighted by Gasteiger charge is -2.32. The van der Waals surface area contributed by atoms with E-state index in [0.29, 0.717) is 0 Å². The van der Waals surface area contributed by atoms with Crippen LogP contribution in [0.2, 0.25) is 0 Å². The third-order valence-corrected chi connectivity index (χ3v) is 4.05. The summed E-state index contributed by atoms with van der Waals surface area (Å²) >= 11 is 0. The molecule has 3 atom stereocenters. The number of aromatic nitrogens is 2. The Morgan fingerprint density at radius 3 is 2.87 bits per heavy atom. The summed E-state index contributed by atoms with van der Waals surface area (Å²) in [6, 6.07) is 0.860. The van der Waals surface area contributed by atoms with Gasteiger partial charge in [-0.1, -0.05) is 12.8 Å². The zero-order valence-corrected chi connectivity index (χ0v) is 13.3. The van der Waals surface area contributed by atoms with Gasteiger partial charge in [0, 0.05) is 18.9 Å². The zero-order valence-electron chi connectivity index (χ0n) is 13.3. The topological polar surface area (TPSA) is 88.1 Å². The van der Waals surface area contributed by atoms with Crippen LogP contribution in [0.25, 0.3) is 0 Å². The summed E-state index contributed by atoms with van der Waals surface area (Å²) in [7, 11) is 0. The number of urea groups is 1. The van der Waals surface area contributed by atoms with Crippen LogP contribution in [0.4, 0.5) is 9.18 Å². The number of hydrogen-bond acceptors (Lipinski definition) is 3. The molecule has 3 amide bonds. The predicted molar refractivity (Wildman–Crippen MR) is 83.6 cm³/mol. The highest BCUT2D eigenvalue weighted by Gasteiger charge is 2.28. The molecular formula is C15H24FN5O2. The molecular weight excluding hydrogens is 301 g/mol. The summed E-state index contributed by atoms with van der Waals surface area (Å²) in [5, 5.41) is 12.2. The SMILES string of the molecule is C[C@H](NC(=O)N[C@H]1CCCC[C@@H]1n1cccn1)C(=O)NCCF. The van der Waals surface area contributed by atoms with E-state index in [2.05, 4.69) is 21.0 Å². The molecule has 0 aromatic carbocycles. The Kier molecular flexibility index (Phi) is 6.37. The van der Waals surface area contributed by atoms with Crippen molar-refractivity contribution >= 4 is 11.9 Å². The molecule has 0 saturated heterocycles. The van der Waals surface area contributed by atoms with E-state index in [9.17, 15) is 14.0 Å². The molecule has 1 heterocycles. The Morgan fingerprint density at radius 2 is 2.17 bits per heavy atom. The molecule has 1 aliphatic rings. The number of hydrogen-bond donors (Lipinski definition) is 3. The maximum atomic E-state index is 12.1. The molecule has 23 heavy (non-hydrogen) atoms. The standard InChI is InChI=1S/C15H24FN5O2/c1-11(14(22)17-9-7-16)19-15(23)20-12-5-2-3-6-13(12)21-10-4-8-18-21/h4,8,10-13H,2-3,5-7,9H2,1H3,(H,17,22)(H2,19,20,23)/t11-,12-,13-/m0/s1. The molecule has 2 rings (SSSR count). The summed E-state index contributed by atoms with van der Waals surface area (Å²) < 4.78 is 13.9. The molecule has 1 aromatic rings. The lowest BCUT2D eigenvalue weighted by atomic mass is 9.90. The first-order chi connectivity index (χ1) is 11.1. The Morgan fingerprint density at radius 1 is 1.39 bits per heavy atom. The van der Waals surface area contributed by atoms with Gasteiger partial charge in [-0.25, -0.2) is 9.18 Å². The summed E-state index contributed by atoms with van der Waals surface area (Å²) in [6.07, 6.45) is 7.61. The van der Waals surface area contributed by atoms with E-state index in [-0.39, 0.29) is 18.6 Å². The van der Waals surface area contributed by atoms with Crippen molar-refractivity contribution in [3.05, 3.63) is 18.5 Å². The molecule has 1 fully saturated rings. The largest absolute Gasteiger partial charge is 0.352 e.